The standard InChI is InChI=1S/C17H19N7/c1-3-8-23-17(12(2)24-11-18-10-20-24)21-16(22-23)14-9-19-15-7-5-4-6-13(14)15/h4-7,9-12,19H,3,8H2,1-2H3. The Labute approximate surface area is 139 Å². The van der Waals surface area contributed by atoms with E-state index in [0.29, 0.717) is 0 Å². The van der Waals surface area contributed by atoms with Gasteiger partial charge in [-0.25, -0.2) is 19.3 Å². The Balaban J connectivity index is 1.81. The van der Waals surface area contributed by atoms with Gasteiger partial charge in [0, 0.05) is 29.2 Å². The van der Waals surface area contributed by atoms with Crippen molar-refractivity contribution in [2.45, 2.75) is 32.9 Å². The van der Waals surface area contributed by atoms with E-state index in [2.05, 4.69) is 41.0 Å². The summed E-state index contributed by atoms with van der Waals surface area (Å²) < 4.78 is 3.78. The minimum Gasteiger partial charge on any atom is -0.360 e. The smallest absolute Gasteiger partial charge is 0.183 e. The molecule has 1 unspecified atom stereocenters. The van der Waals surface area contributed by atoms with Gasteiger partial charge in [-0.2, -0.15) is 10.2 Å². The molecule has 1 N–H and O–H groups in total. The SMILES string of the molecule is CCCn1nc(-c2c[nH]c3ccccc23)nc1C(C)n1cncn1. The quantitative estimate of drug-likeness (QED) is 0.613. The second-order valence-corrected chi connectivity index (χ2v) is 5.82. The molecule has 24 heavy (non-hydrogen) atoms. The molecule has 0 aliphatic heterocycles. The largest absolute Gasteiger partial charge is 0.360 e. The number of fused-ring (bicyclic) bond motifs is 1. The van der Waals surface area contributed by atoms with E-state index in [9.17, 15) is 0 Å². The van der Waals surface area contributed by atoms with Crippen LogP contribution in [0.4, 0.5) is 0 Å². The lowest BCUT2D eigenvalue weighted by atomic mass is 10.2. The third-order valence-electron chi connectivity index (χ3n) is 4.17. The van der Waals surface area contributed by atoms with Crippen LogP contribution >= 0.6 is 0 Å². The predicted molar refractivity (Wildman–Crippen MR) is 91.4 cm³/mol. The molecule has 0 aliphatic rings. The van der Waals surface area contributed by atoms with Crippen molar-refractivity contribution in [1.82, 2.24) is 34.5 Å². The Morgan fingerprint density at radius 1 is 1.25 bits per heavy atom. The van der Waals surface area contributed by atoms with Gasteiger partial charge in [-0.15, -0.1) is 0 Å². The lowest BCUT2D eigenvalue weighted by Gasteiger charge is -2.11. The van der Waals surface area contributed by atoms with Crippen LogP contribution in [-0.4, -0.2) is 34.5 Å². The van der Waals surface area contributed by atoms with Crippen LogP contribution < -0.4 is 0 Å². The highest BCUT2D eigenvalue weighted by Gasteiger charge is 2.20. The van der Waals surface area contributed by atoms with E-state index in [1.165, 1.54) is 6.33 Å². The van der Waals surface area contributed by atoms with E-state index in [4.69, 9.17) is 10.1 Å². The maximum Gasteiger partial charge on any atom is 0.183 e. The molecular weight excluding hydrogens is 302 g/mol. The lowest BCUT2D eigenvalue weighted by molar-refractivity contribution is 0.477. The highest BCUT2D eigenvalue weighted by Crippen LogP contribution is 2.27. The van der Waals surface area contributed by atoms with Crippen molar-refractivity contribution in [3.05, 3.63) is 48.9 Å². The normalized spacial score (nSPS) is 12.8. The number of aromatic amines is 1. The lowest BCUT2D eigenvalue weighted by Crippen LogP contribution is -2.15. The van der Waals surface area contributed by atoms with E-state index < -0.39 is 0 Å². The first-order chi connectivity index (χ1) is 11.8. The molecule has 122 valence electrons. The molecule has 3 heterocycles. The van der Waals surface area contributed by atoms with Gasteiger partial charge >= 0.3 is 0 Å². The van der Waals surface area contributed by atoms with Gasteiger partial charge in [-0.1, -0.05) is 25.1 Å². The van der Waals surface area contributed by atoms with Crippen molar-refractivity contribution in [3.63, 3.8) is 0 Å². The summed E-state index contributed by atoms with van der Waals surface area (Å²) in [5, 5.41) is 10.1. The molecule has 1 atom stereocenters. The molecule has 0 fully saturated rings. The average Bonchev–Trinajstić information content (AvgIpc) is 3.33. The van der Waals surface area contributed by atoms with Crippen molar-refractivity contribution in [2.75, 3.05) is 0 Å². The molecule has 1 aromatic carbocycles. The fourth-order valence-corrected chi connectivity index (χ4v) is 2.95. The highest BCUT2D eigenvalue weighted by molar-refractivity contribution is 5.93. The van der Waals surface area contributed by atoms with Gasteiger partial charge in [-0.3, -0.25) is 0 Å². The van der Waals surface area contributed by atoms with Gasteiger partial charge < -0.3 is 4.98 Å². The summed E-state index contributed by atoms with van der Waals surface area (Å²) in [6.07, 6.45) is 6.21. The van der Waals surface area contributed by atoms with Gasteiger partial charge in [0.2, 0.25) is 0 Å². The molecule has 3 aromatic heterocycles. The fourth-order valence-electron chi connectivity index (χ4n) is 2.95. The summed E-state index contributed by atoms with van der Waals surface area (Å²) in [7, 11) is 0. The average molecular weight is 321 g/mol. The first-order valence-electron chi connectivity index (χ1n) is 8.13. The van der Waals surface area contributed by atoms with Crippen LogP contribution in [-0.2, 0) is 6.54 Å². The third-order valence-corrected chi connectivity index (χ3v) is 4.17. The molecular formula is C17H19N7. The van der Waals surface area contributed by atoms with E-state index in [-0.39, 0.29) is 6.04 Å². The van der Waals surface area contributed by atoms with Gasteiger partial charge in [0.25, 0.3) is 0 Å². The van der Waals surface area contributed by atoms with Crippen LogP contribution in [0.2, 0.25) is 0 Å². The molecule has 0 spiro atoms. The fraction of sp³-hybridized carbons (Fsp3) is 0.294. The summed E-state index contributed by atoms with van der Waals surface area (Å²) in [5.41, 5.74) is 2.11. The summed E-state index contributed by atoms with van der Waals surface area (Å²) in [6, 6.07) is 8.17. The van der Waals surface area contributed by atoms with Gasteiger partial charge in [0.15, 0.2) is 11.6 Å². The Bertz CT molecular complexity index is 949. The van der Waals surface area contributed by atoms with E-state index in [0.717, 1.165) is 41.1 Å². The first-order valence-corrected chi connectivity index (χ1v) is 8.13. The minimum atomic E-state index is -0.0227. The monoisotopic (exact) mass is 321 g/mol. The molecule has 0 saturated heterocycles. The highest BCUT2D eigenvalue weighted by atomic mass is 15.4. The van der Waals surface area contributed by atoms with Gasteiger partial charge in [0.1, 0.15) is 18.7 Å². The number of rotatable bonds is 5. The van der Waals surface area contributed by atoms with E-state index in [1.807, 2.05) is 23.0 Å². The number of nitrogens with zero attached hydrogens (tertiary/aromatic N) is 6. The number of aromatic nitrogens is 7. The van der Waals surface area contributed by atoms with E-state index >= 15 is 0 Å². The molecule has 0 amide bonds. The van der Waals surface area contributed by atoms with Crippen molar-refractivity contribution in [2.24, 2.45) is 0 Å². The minimum absolute atomic E-state index is 0.0227. The van der Waals surface area contributed by atoms with Crippen LogP contribution in [0, 0.1) is 0 Å². The maximum absolute atomic E-state index is 4.82. The van der Waals surface area contributed by atoms with Crippen molar-refractivity contribution >= 4 is 10.9 Å². The molecule has 0 saturated carbocycles. The Hall–Kier alpha value is -2.96. The van der Waals surface area contributed by atoms with Crippen LogP contribution in [0.3, 0.4) is 0 Å². The first kappa shape index (κ1) is 14.6. The molecule has 0 radical (unpaired) electrons. The van der Waals surface area contributed by atoms with Crippen LogP contribution in [0.15, 0.2) is 43.1 Å². The van der Waals surface area contributed by atoms with E-state index in [1.54, 1.807) is 11.0 Å². The Morgan fingerprint density at radius 2 is 2.12 bits per heavy atom. The zero-order chi connectivity index (χ0) is 16.5. The predicted octanol–water partition coefficient (Wildman–Crippen LogP) is 3.04. The molecule has 4 rings (SSSR count). The number of benzene rings is 1. The summed E-state index contributed by atoms with van der Waals surface area (Å²) in [5.74, 6) is 1.63. The van der Waals surface area contributed by atoms with Crippen LogP contribution in [0.25, 0.3) is 22.3 Å². The molecule has 4 aromatic rings. The number of aryl methyl sites for hydroxylation is 1. The summed E-state index contributed by atoms with van der Waals surface area (Å²) in [6.45, 7) is 5.02. The zero-order valence-corrected chi connectivity index (χ0v) is 13.7. The third kappa shape index (κ3) is 2.38. The number of hydrogen-bond acceptors (Lipinski definition) is 4. The topological polar surface area (TPSA) is 77.2 Å². The molecule has 7 heteroatoms. The van der Waals surface area contributed by atoms with Crippen LogP contribution in [0.1, 0.15) is 32.1 Å². The van der Waals surface area contributed by atoms with Gasteiger partial charge in [-0.05, 0) is 19.4 Å². The molecule has 0 bridgehead atoms. The second kappa shape index (κ2) is 5.92. The van der Waals surface area contributed by atoms with Crippen molar-refractivity contribution < 1.29 is 0 Å². The van der Waals surface area contributed by atoms with Crippen molar-refractivity contribution in [1.29, 1.82) is 0 Å². The summed E-state index contributed by atoms with van der Waals surface area (Å²) >= 11 is 0. The second-order valence-electron chi connectivity index (χ2n) is 5.82. The molecule has 0 aliphatic carbocycles. The summed E-state index contributed by atoms with van der Waals surface area (Å²) in [4.78, 5) is 12.1. The Kier molecular flexibility index (Phi) is 3.60. The number of H-pyrrole nitrogens is 1. The van der Waals surface area contributed by atoms with Crippen molar-refractivity contribution in [3.8, 4) is 11.4 Å². The van der Waals surface area contributed by atoms with Gasteiger partial charge in [0.05, 0.1) is 0 Å². The number of hydrogen-bond donors (Lipinski definition) is 1. The number of para-hydroxylation sites is 1. The Morgan fingerprint density at radius 3 is 2.92 bits per heavy atom. The maximum atomic E-state index is 4.82. The number of nitrogens with one attached hydrogen (secondary N) is 1. The molecule has 7 nitrogen and oxygen atoms in total. The van der Waals surface area contributed by atoms with Crippen LogP contribution in [0.5, 0.6) is 0 Å². The zero-order valence-electron chi connectivity index (χ0n) is 13.7.